The molecule has 17 rings (SSSR count). The zero-order chi connectivity index (χ0) is 49.9. The standard InChI is InChI=1S/C69H35N3O4/c70-35-41-29-42(36-71)58(72-56-25-18-38(40-20-28-64-53(31-40)46-12-4-6-14-60(46)74-64)33-55(56)67-57(72)26-24-49-44-10-2-8-16-62(44)76-69(49)67)34-51(41)65-47-21-17-37(39-19-27-63-52(30-39)45-11-3-5-13-59(45)73-63)32-54(47)66-50(65)23-22-48-43-9-1-7-15-61(43)75-68(48)66/h1-34,65H. The minimum Gasteiger partial charge on any atom is -0.456 e. The van der Waals surface area contributed by atoms with E-state index in [0.717, 1.165) is 160 Å². The third kappa shape index (κ3) is 5.52. The molecule has 7 heteroatoms. The second kappa shape index (κ2) is 15.0. The molecule has 5 heterocycles. The van der Waals surface area contributed by atoms with E-state index < -0.39 is 0 Å². The van der Waals surface area contributed by atoms with Gasteiger partial charge in [0.05, 0.1) is 39.3 Å². The van der Waals surface area contributed by atoms with Gasteiger partial charge in [0.25, 0.3) is 0 Å². The maximum absolute atomic E-state index is 11.2. The number of aromatic nitrogens is 1. The molecule has 0 amide bonds. The van der Waals surface area contributed by atoms with Gasteiger partial charge in [-0.2, -0.15) is 10.5 Å². The van der Waals surface area contributed by atoms with Crippen LogP contribution in [0, 0.1) is 22.7 Å². The molecule has 0 saturated carbocycles. The first-order valence-corrected chi connectivity index (χ1v) is 25.4. The summed E-state index contributed by atoms with van der Waals surface area (Å²) in [6.45, 7) is 0. The zero-order valence-corrected chi connectivity index (χ0v) is 40.2. The molecule has 0 aliphatic heterocycles. The van der Waals surface area contributed by atoms with Gasteiger partial charge in [-0.1, -0.05) is 115 Å². The Labute approximate surface area is 431 Å². The van der Waals surface area contributed by atoms with Gasteiger partial charge in [-0.15, -0.1) is 0 Å². The Morgan fingerprint density at radius 3 is 1.45 bits per heavy atom. The largest absolute Gasteiger partial charge is 0.456 e. The Hall–Kier alpha value is -10.6. The van der Waals surface area contributed by atoms with Crippen molar-refractivity contribution in [1.29, 1.82) is 10.5 Å². The van der Waals surface area contributed by atoms with Gasteiger partial charge in [-0.05, 0) is 136 Å². The topological polar surface area (TPSA) is 105 Å². The molecule has 7 nitrogen and oxygen atoms in total. The van der Waals surface area contributed by atoms with Gasteiger partial charge in [0, 0.05) is 60.0 Å². The summed E-state index contributed by atoms with van der Waals surface area (Å²) in [4.78, 5) is 0. The van der Waals surface area contributed by atoms with Crippen LogP contribution in [-0.4, -0.2) is 4.57 Å². The quantitative estimate of drug-likeness (QED) is 0.174. The summed E-state index contributed by atoms with van der Waals surface area (Å²) < 4.78 is 28.3. The Morgan fingerprint density at radius 1 is 0.342 bits per heavy atom. The number of rotatable bonds is 4. The Bertz CT molecular complexity index is 5350. The molecule has 16 aromatic rings. The molecule has 350 valence electrons. The van der Waals surface area contributed by atoms with Gasteiger partial charge in [-0.25, -0.2) is 0 Å². The molecule has 1 aliphatic rings. The summed E-state index contributed by atoms with van der Waals surface area (Å²) in [5.41, 5.74) is 18.9. The van der Waals surface area contributed by atoms with Gasteiger partial charge in [0.15, 0.2) is 0 Å². The molecule has 76 heavy (non-hydrogen) atoms. The van der Waals surface area contributed by atoms with Crippen LogP contribution in [0.4, 0.5) is 0 Å². The third-order valence-corrected chi connectivity index (χ3v) is 16.2. The lowest BCUT2D eigenvalue weighted by Gasteiger charge is -2.20. The number of furan rings is 4. The van der Waals surface area contributed by atoms with Crippen LogP contribution in [0.2, 0.25) is 0 Å². The van der Waals surface area contributed by atoms with E-state index in [1.165, 1.54) is 0 Å². The van der Waals surface area contributed by atoms with E-state index in [0.29, 0.717) is 16.8 Å². The number of nitriles is 2. The first kappa shape index (κ1) is 40.9. The fourth-order valence-electron chi connectivity index (χ4n) is 12.8. The van der Waals surface area contributed by atoms with Crippen molar-refractivity contribution in [3.8, 4) is 51.2 Å². The molecule has 0 spiro atoms. The molecule has 1 unspecified atom stereocenters. The Balaban J connectivity index is 0.910. The second-order valence-electron chi connectivity index (χ2n) is 20.0. The summed E-state index contributed by atoms with van der Waals surface area (Å²) in [6.07, 6.45) is 0. The molecular weight excluding hydrogens is 935 g/mol. The van der Waals surface area contributed by atoms with E-state index in [9.17, 15) is 10.5 Å². The maximum atomic E-state index is 11.2. The molecule has 0 N–H and O–H groups in total. The van der Waals surface area contributed by atoms with E-state index in [1.54, 1.807) is 6.07 Å². The minimum atomic E-state index is -0.381. The van der Waals surface area contributed by atoms with Gasteiger partial charge < -0.3 is 22.2 Å². The van der Waals surface area contributed by atoms with E-state index >= 15 is 0 Å². The van der Waals surface area contributed by atoms with E-state index in [1.807, 2.05) is 78.9 Å². The number of fused-ring (bicyclic) bond motifs is 20. The van der Waals surface area contributed by atoms with Crippen LogP contribution in [0.5, 0.6) is 0 Å². The predicted molar refractivity (Wildman–Crippen MR) is 303 cm³/mol. The minimum absolute atomic E-state index is 0.381. The van der Waals surface area contributed by atoms with Crippen LogP contribution < -0.4 is 0 Å². The van der Waals surface area contributed by atoms with Crippen molar-refractivity contribution in [1.82, 2.24) is 4.57 Å². The van der Waals surface area contributed by atoms with Crippen LogP contribution in [0.3, 0.4) is 0 Å². The molecule has 0 bridgehead atoms. The van der Waals surface area contributed by atoms with E-state index in [-0.39, 0.29) is 5.92 Å². The highest BCUT2D eigenvalue weighted by Crippen LogP contribution is 2.54. The number of nitrogens with zero attached hydrogens (tertiary/aromatic N) is 3. The number of hydrogen-bond acceptors (Lipinski definition) is 6. The first-order chi connectivity index (χ1) is 37.6. The lowest BCUT2D eigenvalue weighted by atomic mass is 9.85. The van der Waals surface area contributed by atoms with Crippen LogP contribution >= 0.6 is 0 Å². The Morgan fingerprint density at radius 2 is 0.816 bits per heavy atom. The number of hydrogen-bond donors (Lipinski definition) is 0. The molecule has 0 saturated heterocycles. The number of benzene rings is 11. The molecule has 5 aromatic heterocycles. The van der Waals surface area contributed by atoms with E-state index in [2.05, 4.69) is 138 Å². The van der Waals surface area contributed by atoms with Crippen molar-refractivity contribution in [2.75, 3.05) is 0 Å². The lowest BCUT2D eigenvalue weighted by Crippen LogP contribution is -2.07. The van der Waals surface area contributed by atoms with Crippen molar-refractivity contribution in [2.24, 2.45) is 0 Å². The van der Waals surface area contributed by atoms with Crippen molar-refractivity contribution in [2.45, 2.75) is 5.92 Å². The molecule has 1 atom stereocenters. The maximum Gasteiger partial charge on any atom is 0.145 e. The second-order valence-corrected chi connectivity index (χ2v) is 20.0. The van der Waals surface area contributed by atoms with Gasteiger partial charge >= 0.3 is 0 Å². The average molecular weight is 970 g/mol. The molecule has 0 radical (unpaired) electrons. The molecule has 1 aliphatic carbocycles. The zero-order valence-electron chi connectivity index (χ0n) is 40.2. The van der Waals surface area contributed by atoms with Crippen LogP contribution in [-0.2, 0) is 0 Å². The predicted octanol–water partition coefficient (Wildman–Crippen LogP) is 18.6. The smallest absolute Gasteiger partial charge is 0.145 e. The molecule has 11 aromatic carbocycles. The van der Waals surface area contributed by atoms with E-state index in [4.69, 9.17) is 17.7 Å². The van der Waals surface area contributed by atoms with Crippen molar-refractivity contribution in [3.63, 3.8) is 0 Å². The fourth-order valence-corrected chi connectivity index (χ4v) is 12.8. The molecule has 0 fully saturated rings. The summed E-state index contributed by atoms with van der Waals surface area (Å²) in [6, 6.07) is 76.2. The monoisotopic (exact) mass is 969 g/mol. The van der Waals surface area contributed by atoms with Gasteiger partial charge in [0.2, 0.25) is 0 Å². The lowest BCUT2D eigenvalue weighted by molar-refractivity contribution is 0.668. The van der Waals surface area contributed by atoms with Crippen molar-refractivity contribution >= 4 is 110 Å². The summed E-state index contributed by atoms with van der Waals surface area (Å²) >= 11 is 0. The molecular formula is C69H35N3O4. The van der Waals surface area contributed by atoms with Gasteiger partial charge in [0.1, 0.15) is 50.7 Å². The summed E-state index contributed by atoms with van der Waals surface area (Å²) in [7, 11) is 0. The van der Waals surface area contributed by atoms with Gasteiger partial charge in [-0.3, -0.25) is 0 Å². The SMILES string of the molecule is N#Cc1cc(C#N)c(-n2c3ccc(-c4ccc5oc6ccccc6c5c4)cc3c3c4oc5ccccc5c4ccc32)cc1C1c2ccc(-c3ccc4oc5ccccc5c4c3)cc2-c2c1ccc1c2oc2ccccc21. The summed E-state index contributed by atoms with van der Waals surface area (Å²) in [5, 5.41) is 32.6. The summed E-state index contributed by atoms with van der Waals surface area (Å²) in [5.74, 6) is -0.381. The van der Waals surface area contributed by atoms with Crippen molar-refractivity contribution < 1.29 is 17.7 Å². The van der Waals surface area contributed by atoms with Crippen LogP contribution in [0.1, 0.15) is 33.7 Å². The normalized spacial score (nSPS) is 13.4. The average Bonchev–Trinajstić information content (AvgIpc) is 4.44. The first-order valence-electron chi connectivity index (χ1n) is 25.4. The third-order valence-electron chi connectivity index (χ3n) is 16.2. The fraction of sp³-hybridized carbons (Fsp3) is 0.0145. The van der Waals surface area contributed by atoms with Crippen molar-refractivity contribution in [3.05, 3.63) is 234 Å². The highest BCUT2D eigenvalue weighted by atomic mass is 16.3. The Kier molecular flexibility index (Phi) is 8.08. The highest BCUT2D eigenvalue weighted by molar-refractivity contribution is 6.24. The highest BCUT2D eigenvalue weighted by Gasteiger charge is 2.36. The van der Waals surface area contributed by atoms with Crippen LogP contribution in [0.25, 0.3) is 149 Å². The number of para-hydroxylation sites is 4. The van der Waals surface area contributed by atoms with Crippen LogP contribution in [0.15, 0.2) is 224 Å².